The maximum Gasteiger partial charge on any atom is 0.0704 e. The Labute approximate surface area is 125 Å². The van der Waals surface area contributed by atoms with Gasteiger partial charge < -0.3 is 5.32 Å². The minimum absolute atomic E-state index is 0.541. The molecule has 0 saturated carbocycles. The third-order valence-electron chi connectivity index (χ3n) is 3.35. The summed E-state index contributed by atoms with van der Waals surface area (Å²) in [7, 11) is 0. The lowest BCUT2D eigenvalue weighted by Gasteiger charge is -2.18. The van der Waals surface area contributed by atoms with Gasteiger partial charge >= 0.3 is 0 Å². The molecule has 0 amide bonds. The maximum absolute atomic E-state index is 3.63. The van der Waals surface area contributed by atoms with Crippen LogP contribution < -0.4 is 5.32 Å². The number of thiophene rings is 1. The van der Waals surface area contributed by atoms with E-state index in [-0.39, 0.29) is 0 Å². The molecule has 104 valence electrons. The van der Waals surface area contributed by atoms with Gasteiger partial charge in [-0.2, -0.15) is 0 Å². The molecule has 0 bridgehead atoms. The lowest BCUT2D eigenvalue weighted by atomic mass is 10.0. The van der Waals surface area contributed by atoms with Gasteiger partial charge in [-0.05, 0) is 47.4 Å². The van der Waals surface area contributed by atoms with Crippen LogP contribution in [0.5, 0.6) is 0 Å². The van der Waals surface area contributed by atoms with Gasteiger partial charge in [0.2, 0.25) is 0 Å². The lowest BCUT2D eigenvalue weighted by molar-refractivity contribution is 0.478. The number of unbranched alkanes of at least 4 members (excludes halogenated alkanes) is 4. The van der Waals surface area contributed by atoms with E-state index in [4.69, 9.17) is 0 Å². The maximum atomic E-state index is 3.63. The van der Waals surface area contributed by atoms with Gasteiger partial charge in [0.15, 0.2) is 0 Å². The van der Waals surface area contributed by atoms with Gasteiger partial charge in [0.25, 0.3) is 0 Å². The molecule has 1 heterocycles. The highest BCUT2D eigenvalue weighted by Crippen LogP contribution is 2.32. The molecular weight excluding hydrogens is 306 g/mol. The predicted octanol–water partition coefficient (Wildman–Crippen LogP) is 5.83. The van der Waals surface area contributed by atoms with Crippen LogP contribution in [0.3, 0.4) is 0 Å². The summed E-state index contributed by atoms with van der Waals surface area (Å²) in [5.74, 6) is 0. The molecule has 1 aromatic heterocycles. The monoisotopic (exact) mass is 331 g/mol. The van der Waals surface area contributed by atoms with E-state index < -0.39 is 0 Å². The molecule has 1 unspecified atom stereocenters. The van der Waals surface area contributed by atoms with E-state index in [1.165, 1.54) is 52.8 Å². The third-order valence-corrected chi connectivity index (χ3v) is 4.92. The van der Waals surface area contributed by atoms with Crippen LogP contribution >= 0.6 is 27.3 Å². The molecule has 0 saturated heterocycles. The Hall–Kier alpha value is 0.140. The summed E-state index contributed by atoms with van der Waals surface area (Å²) < 4.78 is 1.25. The van der Waals surface area contributed by atoms with Crippen molar-refractivity contribution < 1.29 is 0 Å². The first-order valence-electron chi connectivity index (χ1n) is 7.18. The Kier molecular flexibility index (Phi) is 8.20. The van der Waals surface area contributed by atoms with Crippen molar-refractivity contribution in [3.63, 3.8) is 0 Å². The Balaban J connectivity index is 2.47. The highest BCUT2D eigenvalue weighted by molar-refractivity contribution is 9.11. The van der Waals surface area contributed by atoms with Gasteiger partial charge in [-0.25, -0.2) is 0 Å². The Bertz CT molecular complexity index is 335. The molecule has 18 heavy (non-hydrogen) atoms. The third kappa shape index (κ3) is 5.41. The topological polar surface area (TPSA) is 12.0 Å². The second-order valence-corrected chi connectivity index (χ2v) is 7.51. The van der Waals surface area contributed by atoms with E-state index in [1.807, 2.05) is 11.3 Å². The van der Waals surface area contributed by atoms with Crippen molar-refractivity contribution >= 4 is 27.3 Å². The fourth-order valence-electron chi connectivity index (χ4n) is 2.37. The van der Waals surface area contributed by atoms with Gasteiger partial charge in [-0.3, -0.25) is 0 Å². The second kappa shape index (κ2) is 9.11. The molecule has 3 heteroatoms. The molecule has 0 spiro atoms. The number of rotatable bonds is 9. The summed E-state index contributed by atoms with van der Waals surface area (Å²) in [6.07, 6.45) is 8.08. The van der Waals surface area contributed by atoms with E-state index in [0.717, 1.165) is 6.54 Å². The van der Waals surface area contributed by atoms with Gasteiger partial charge in [-0.15, -0.1) is 11.3 Å². The fourth-order valence-corrected chi connectivity index (χ4v) is 4.14. The minimum atomic E-state index is 0.541. The molecular formula is C15H26BrNS. The number of hydrogen-bond donors (Lipinski definition) is 1. The predicted molar refractivity (Wildman–Crippen MR) is 86.5 cm³/mol. The summed E-state index contributed by atoms with van der Waals surface area (Å²) in [5.41, 5.74) is 1.49. The van der Waals surface area contributed by atoms with Crippen LogP contribution in [0, 0.1) is 6.92 Å². The van der Waals surface area contributed by atoms with E-state index >= 15 is 0 Å². The van der Waals surface area contributed by atoms with Crippen molar-refractivity contribution in [2.45, 2.75) is 65.3 Å². The minimum Gasteiger partial charge on any atom is -0.310 e. The van der Waals surface area contributed by atoms with Crippen molar-refractivity contribution in [1.29, 1.82) is 0 Å². The molecule has 1 nitrogen and oxygen atoms in total. The number of aryl methyl sites for hydroxylation is 1. The lowest BCUT2D eigenvalue weighted by Crippen LogP contribution is -2.21. The van der Waals surface area contributed by atoms with Crippen LogP contribution in [0.1, 0.15) is 68.9 Å². The highest BCUT2D eigenvalue weighted by Gasteiger charge is 2.14. The first kappa shape index (κ1) is 16.2. The van der Waals surface area contributed by atoms with Crippen LogP contribution in [0.4, 0.5) is 0 Å². The first-order valence-corrected chi connectivity index (χ1v) is 8.79. The van der Waals surface area contributed by atoms with Crippen molar-refractivity contribution in [1.82, 2.24) is 5.32 Å². The molecule has 1 aromatic rings. The smallest absolute Gasteiger partial charge is 0.0704 e. The van der Waals surface area contributed by atoms with E-state index in [9.17, 15) is 0 Å². The highest BCUT2D eigenvalue weighted by atomic mass is 79.9. The molecule has 1 atom stereocenters. The van der Waals surface area contributed by atoms with Crippen LogP contribution in [-0.2, 0) is 0 Å². The van der Waals surface area contributed by atoms with Crippen LogP contribution in [0.25, 0.3) is 0 Å². The SMILES string of the molecule is CCCCCCCC(NCC)c1cc(Br)sc1C. The van der Waals surface area contributed by atoms with E-state index in [1.54, 1.807) is 0 Å². The summed E-state index contributed by atoms with van der Waals surface area (Å²) in [5, 5.41) is 3.63. The molecule has 1 N–H and O–H groups in total. The van der Waals surface area contributed by atoms with Gasteiger partial charge in [0, 0.05) is 10.9 Å². The number of halogens is 1. The van der Waals surface area contributed by atoms with E-state index in [0.29, 0.717) is 6.04 Å². The van der Waals surface area contributed by atoms with Crippen molar-refractivity contribution in [2.24, 2.45) is 0 Å². The van der Waals surface area contributed by atoms with E-state index in [2.05, 4.69) is 48.1 Å². The van der Waals surface area contributed by atoms with Gasteiger partial charge in [0.05, 0.1) is 3.79 Å². The number of nitrogens with one attached hydrogen (secondary N) is 1. The zero-order chi connectivity index (χ0) is 13.4. The Morgan fingerprint density at radius 3 is 2.50 bits per heavy atom. The molecule has 0 aliphatic heterocycles. The largest absolute Gasteiger partial charge is 0.310 e. The Morgan fingerprint density at radius 1 is 1.22 bits per heavy atom. The molecule has 0 aromatic carbocycles. The van der Waals surface area contributed by atoms with Crippen molar-refractivity contribution in [3.05, 3.63) is 20.3 Å². The Morgan fingerprint density at radius 2 is 1.94 bits per heavy atom. The van der Waals surface area contributed by atoms with Crippen molar-refractivity contribution in [3.8, 4) is 0 Å². The standard InChI is InChI=1S/C15H26BrNS/c1-4-6-7-8-9-10-14(17-5-2)13-11-15(16)18-12(13)3/h11,14,17H,4-10H2,1-3H3. The average Bonchev–Trinajstić information content (AvgIpc) is 2.67. The average molecular weight is 332 g/mol. The number of hydrogen-bond acceptors (Lipinski definition) is 2. The van der Waals surface area contributed by atoms with Crippen LogP contribution in [0.2, 0.25) is 0 Å². The zero-order valence-electron chi connectivity index (χ0n) is 11.9. The van der Waals surface area contributed by atoms with Crippen molar-refractivity contribution in [2.75, 3.05) is 6.54 Å². The molecule has 0 aliphatic rings. The second-order valence-electron chi connectivity index (χ2n) is 4.88. The van der Waals surface area contributed by atoms with Gasteiger partial charge in [-0.1, -0.05) is 46.0 Å². The summed E-state index contributed by atoms with van der Waals surface area (Å²) in [6, 6.07) is 2.83. The zero-order valence-corrected chi connectivity index (χ0v) is 14.3. The summed E-state index contributed by atoms with van der Waals surface area (Å²) in [6.45, 7) is 7.74. The quantitative estimate of drug-likeness (QED) is 0.561. The van der Waals surface area contributed by atoms with Crippen LogP contribution in [0.15, 0.2) is 9.85 Å². The van der Waals surface area contributed by atoms with Gasteiger partial charge in [0.1, 0.15) is 0 Å². The first-order chi connectivity index (χ1) is 8.69. The van der Waals surface area contributed by atoms with Crippen LogP contribution in [-0.4, -0.2) is 6.54 Å². The summed E-state index contributed by atoms with van der Waals surface area (Å²) >= 11 is 5.44. The molecule has 0 radical (unpaired) electrons. The molecule has 0 aliphatic carbocycles. The molecule has 0 fully saturated rings. The molecule has 1 rings (SSSR count). The fraction of sp³-hybridized carbons (Fsp3) is 0.733. The summed E-state index contributed by atoms with van der Waals surface area (Å²) in [4.78, 5) is 1.45. The normalized spacial score (nSPS) is 12.9.